The van der Waals surface area contributed by atoms with Crippen molar-refractivity contribution in [2.75, 3.05) is 46.9 Å². The normalized spacial score (nSPS) is 16.6. The molecule has 4 rings (SSSR count). The molecule has 33 heavy (non-hydrogen) atoms. The maximum absolute atomic E-state index is 5.65. The van der Waals surface area contributed by atoms with Gasteiger partial charge < -0.3 is 14.2 Å². The van der Waals surface area contributed by atoms with Gasteiger partial charge in [-0.2, -0.15) is 0 Å². The minimum Gasteiger partial charge on any atom is -0.480 e. The Morgan fingerprint density at radius 1 is 1.03 bits per heavy atom. The molecule has 0 spiro atoms. The molecule has 3 aromatic rings. The van der Waals surface area contributed by atoms with Gasteiger partial charge in [0.15, 0.2) is 5.65 Å². The van der Waals surface area contributed by atoms with Crippen LogP contribution in [-0.4, -0.2) is 76.2 Å². The van der Waals surface area contributed by atoms with Crippen LogP contribution in [0.15, 0.2) is 18.3 Å². The molecule has 1 aliphatic heterocycles. The molecular formula is C26H38N6O. The monoisotopic (exact) mass is 450 g/mol. The van der Waals surface area contributed by atoms with Crippen LogP contribution in [0.3, 0.4) is 0 Å². The lowest BCUT2D eigenvalue weighted by atomic mass is 10.1. The third kappa shape index (κ3) is 4.75. The van der Waals surface area contributed by atoms with E-state index in [-0.39, 0.29) is 0 Å². The summed E-state index contributed by atoms with van der Waals surface area (Å²) in [5, 5.41) is 0. The molecule has 0 aromatic carbocycles. The minimum atomic E-state index is 0.338. The maximum Gasteiger partial charge on any atom is 0.222 e. The highest BCUT2D eigenvalue weighted by Crippen LogP contribution is 2.33. The molecule has 7 nitrogen and oxygen atoms in total. The smallest absolute Gasteiger partial charge is 0.222 e. The lowest BCUT2D eigenvalue weighted by Crippen LogP contribution is -2.46. The molecule has 1 unspecified atom stereocenters. The van der Waals surface area contributed by atoms with Gasteiger partial charge in [-0.15, -0.1) is 0 Å². The summed E-state index contributed by atoms with van der Waals surface area (Å²) in [6.45, 7) is 16.3. The average Bonchev–Trinajstić information content (AvgIpc) is 3.12. The lowest BCUT2D eigenvalue weighted by Gasteiger charge is -2.35. The highest BCUT2D eigenvalue weighted by molar-refractivity contribution is 5.81. The van der Waals surface area contributed by atoms with Crippen LogP contribution in [0, 0.1) is 13.8 Å². The second kappa shape index (κ2) is 9.77. The highest BCUT2D eigenvalue weighted by Gasteiger charge is 2.23. The van der Waals surface area contributed by atoms with Crippen LogP contribution in [0.5, 0.6) is 5.88 Å². The number of aromatic nitrogens is 4. The van der Waals surface area contributed by atoms with Crippen molar-refractivity contribution in [2.45, 2.75) is 53.0 Å². The summed E-state index contributed by atoms with van der Waals surface area (Å²) in [6, 6.07) is 4.51. The number of hydrogen-bond donors (Lipinski definition) is 0. The van der Waals surface area contributed by atoms with E-state index in [4.69, 9.17) is 19.7 Å². The second-order valence-electron chi connectivity index (χ2n) is 9.66. The van der Waals surface area contributed by atoms with E-state index < -0.39 is 0 Å². The molecule has 0 bridgehead atoms. The lowest BCUT2D eigenvalue weighted by molar-refractivity contribution is 0.137. The molecule has 4 heterocycles. The Morgan fingerprint density at radius 3 is 2.39 bits per heavy atom. The minimum absolute atomic E-state index is 0.338. The molecule has 3 aromatic heterocycles. The van der Waals surface area contributed by atoms with Gasteiger partial charge in [0.1, 0.15) is 5.52 Å². The number of piperazine rings is 1. The van der Waals surface area contributed by atoms with Gasteiger partial charge in [0.25, 0.3) is 0 Å². The van der Waals surface area contributed by atoms with Crippen molar-refractivity contribution in [3.05, 3.63) is 35.3 Å². The summed E-state index contributed by atoms with van der Waals surface area (Å²) >= 11 is 0. The van der Waals surface area contributed by atoms with E-state index in [1.54, 1.807) is 7.11 Å². The first-order chi connectivity index (χ1) is 15.8. The van der Waals surface area contributed by atoms with Crippen LogP contribution in [0.2, 0.25) is 0 Å². The molecule has 0 saturated carbocycles. The summed E-state index contributed by atoms with van der Waals surface area (Å²) in [5.74, 6) is 0.946. The fraction of sp³-hybridized carbons (Fsp3) is 0.577. The molecule has 1 atom stereocenters. The van der Waals surface area contributed by atoms with E-state index in [9.17, 15) is 0 Å². The van der Waals surface area contributed by atoms with Crippen molar-refractivity contribution in [1.82, 2.24) is 29.3 Å². The predicted octanol–water partition coefficient (Wildman–Crippen LogP) is 4.44. The number of pyridine rings is 1. The van der Waals surface area contributed by atoms with Crippen LogP contribution >= 0.6 is 0 Å². The van der Waals surface area contributed by atoms with Crippen molar-refractivity contribution >= 4 is 11.2 Å². The number of aryl methyl sites for hydroxylation is 2. The number of nitrogens with zero attached hydrogens (tertiary/aromatic N) is 6. The zero-order valence-corrected chi connectivity index (χ0v) is 21.2. The Balaban J connectivity index is 1.71. The first-order valence-electron chi connectivity index (χ1n) is 12.1. The predicted molar refractivity (Wildman–Crippen MR) is 134 cm³/mol. The van der Waals surface area contributed by atoms with E-state index in [1.165, 1.54) is 0 Å². The topological polar surface area (TPSA) is 59.3 Å². The van der Waals surface area contributed by atoms with Crippen molar-refractivity contribution in [2.24, 2.45) is 0 Å². The zero-order chi connectivity index (χ0) is 23.7. The number of rotatable bonds is 7. The summed E-state index contributed by atoms with van der Waals surface area (Å²) in [7, 11) is 3.87. The molecule has 1 aliphatic rings. The van der Waals surface area contributed by atoms with E-state index in [0.29, 0.717) is 17.8 Å². The first-order valence-corrected chi connectivity index (χ1v) is 12.1. The highest BCUT2D eigenvalue weighted by atomic mass is 16.5. The molecule has 0 N–H and O–H groups in total. The summed E-state index contributed by atoms with van der Waals surface area (Å²) in [6.07, 6.45) is 3.29. The molecular weight excluding hydrogens is 412 g/mol. The van der Waals surface area contributed by atoms with Gasteiger partial charge in [-0.05, 0) is 50.9 Å². The van der Waals surface area contributed by atoms with Gasteiger partial charge >= 0.3 is 0 Å². The SMILES string of the molecule is CCC(CN1CCN(C)CC1)n1cc(C)c2nc(-c3ccc(C(C)C)nc3OC)c(C)nc21. The molecule has 0 radical (unpaired) electrons. The van der Waals surface area contributed by atoms with Crippen molar-refractivity contribution < 1.29 is 4.74 Å². The van der Waals surface area contributed by atoms with Gasteiger partial charge in [0, 0.05) is 50.7 Å². The van der Waals surface area contributed by atoms with E-state index in [1.807, 2.05) is 6.92 Å². The Morgan fingerprint density at radius 2 is 1.76 bits per heavy atom. The fourth-order valence-electron chi connectivity index (χ4n) is 4.67. The summed E-state index contributed by atoms with van der Waals surface area (Å²) in [5.41, 5.74) is 6.73. The van der Waals surface area contributed by atoms with Crippen molar-refractivity contribution in [1.29, 1.82) is 0 Å². The largest absolute Gasteiger partial charge is 0.480 e. The maximum atomic E-state index is 5.65. The second-order valence-corrected chi connectivity index (χ2v) is 9.66. The summed E-state index contributed by atoms with van der Waals surface area (Å²) in [4.78, 5) is 19.9. The van der Waals surface area contributed by atoms with Gasteiger partial charge in [0.05, 0.1) is 24.1 Å². The zero-order valence-electron chi connectivity index (χ0n) is 21.2. The van der Waals surface area contributed by atoms with Crippen molar-refractivity contribution in [3.8, 4) is 17.1 Å². The van der Waals surface area contributed by atoms with E-state index in [0.717, 1.165) is 78.5 Å². The van der Waals surface area contributed by atoms with Gasteiger partial charge in [0.2, 0.25) is 5.88 Å². The Bertz CT molecular complexity index is 1110. The van der Waals surface area contributed by atoms with Crippen molar-refractivity contribution in [3.63, 3.8) is 0 Å². The number of hydrogen-bond acceptors (Lipinski definition) is 6. The third-order valence-corrected chi connectivity index (χ3v) is 6.85. The van der Waals surface area contributed by atoms with Crippen LogP contribution in [0.25, 0.3) is 22.4 Å². The molecule has 0 aliphatic carbocycles. The number of ether oxygens (including phenoxy) is 1. The molecule has 0 amide bonds. The molecule has 178 valence electrons. The number of methoxy groups -OCH3 is 1. The third-order valence-electron chi connectivity index (χ3n) is 6.85. The Labute approximate surface area is 197 Å². The van der Waals surface area contributed by atoms with Gasteiger partial charge in [-0.1, -0.05) is 20.8 Å². The molecule has 1 fully saturated rings. The molecule has 1 saturated heterocycles. The van der Waals surface area contributed by atoms with Crippen LogP contribution in [-0.2, 0) is 0 Å². The van der Waals surface area contributed by atoms with Crippen LogP contribution in [0.1, 0.15) is 56.1 Å². The van der Waals surface area contributed by atoms with Crippen LogP contribution < -0.4 is 4.74 Å². The Hall–Kier alpha value is -2.51. The number of likely N-dealkylation sites (N-methyl/N-ethyl adjacent to an activating group) is 1. The standard InChI is InChI=1S/C26H38N6O/c1-8-20(16-31-13-11-30(6)12-14-31)32-15-18(4)23-25(32)27-19(5)24(29-23)21-9-10-22(17(2)3)28-26(21)33-7/h9-10,15,17,20H,8,11-14,16H2,1-7H3. The van der Waals surface area contributed by atoms with Gasteiger partial charge in [-0.3, -0.25) is 4.90 Å². The Kier molecular flexibility index (Phi) is 7.00. The fourth-order valence-corrected chi connectivity index (χ4v) is 4.67. The number of fused-ring (bicyclic) bond motifs is 1. The van der Waals surface area contributed by atoms with E-state index >= 15 is 0 Å². The first kappa shape index (κ1) is 23.6. The van der Waals surface area contributed by atoms with E-state index in [2.05, 4.69) is 67.4 Å². The molecule has 7 heteroatoms. The van der Waals surface area contributed by atoms with Crippen LogP contribution in [0.4, 0.5) is 0 Å². The average molecular weight is 451 g/mol. The summed E-state index contributed by atoms with van der Waals surface area (Å²) < 4.78 is 8.00. The quantitative estimate of drug-likeness (QED) is 0.530. The van der Waals surface area contributed by atoms with Gasteiger partial charge in [-0.25, -0.2) is 15.0 Å².